The van der Waals surface area contributed by atoms with Crippen molar-refractivity contribution >= 4 is 21.6 Å². The Labute approximate surface area is 159 Å². The maximum atomic E-state index is 12.5. The highest BCUT2D eigenvalue weighted by Crippen LogP contribution is 2.20. The molecule has 0 spiro atoms. The van der Waals surface area contributed by atoms with Gasteiger partial charge in [-0.15, -0.1) is 0 Å². The van der Waals surface area contributed by atoms with E-state index in [0.29, 0.717) is 30.1 Å². The predicted molar refractivity (Wildman–Crippen MR) is 103 cm³/mol. The largest absolute Gasteiger partial charge is 0.497 e. The summed E-state index contributed by atoms with van der Waals surface area (Å²) in [6, 6.07) is 12.7. The van der Waals surface area contributed by atoms with Gasteiger partial charge in [0.25, 0.3) is 15.9 Å². The normalized spacial score (nSPS) is 15.4. The molecular weight excluding hydrogens is 366 g/mol. The molecule has 1 amide bonds. The summed E-state index contributed by atoms with van der Waals surface area (Å²) in [5.41, 5.74) is 6.76. The number of piperidine rings is 1. The number of likely N-dealkylation sites (tertiary alicyclic amines) is 1. The number of carbonyl (C=O) groups excluding carboxylic acids is 1. The van der Waals surface area contributed by atoms with Gasteiger partial charge in [-0.3, -0.25) is 9.52 Å². The van der Waals surface area contributed by atoms with Crippen LogP contribution in [0.5, 0.6) is 5.75 Å². The zero-order chi connectivity index (χ0) is 19.4. The minimum atomic E-state index is -3.74. The quantitative estimate of drug-likeness (QED) is 0.815. The lowest BCUT2D eigenvalue weighted by atomic mass is 10.1. The number of nitrogens with one attached hydrogen (secondary N) is 1. The summed E-state index contributed by atoms with van der Waals surface area (Å²) < 4.78 is 32.6. The van der Waals surface area contributed by atoms with Crippen molar-refractivity contribution in [3.8, 4) is 5.75 Å². The lowest BCUT2D eigenvalue weighted by Gasteiger charge is -2.30. The molecule has 0 atom stereocenters. The summed E-state index contributed by atoms with van der Waals surface area (Å²) >= 11 is 0. The maximum Gasteiger partial charge on any atom is 0.261 e. The SMILES string of the molecule is COc1ccc(NS(=O)(=O)c2ccc(C(=O)N3CCC(N)CC3)cc2)cc1. The molecule has 0 aromatic heterocycles. The highest BCUT2D eigenvalue weighted by atomic mass is 32.2. The van der Waals surface area contributed by atoms with Crippen LogP contribution in [0.15, 0.2) is 53.4 Å². The van der Waals surface area contributed by atoms with Crippen LogP contribution < -0.4 is 15.2 Å². The van der Waals surface area contributed by atoms with Gasteiger partial charge in [0.15, 0.2) is 0 Å². The van der Waals surface area contributed by atoms with Gasteiger partial charge in [-0.25, -0.2) is 8.42 Å². The molecule has 144 valence electrons. The number of hydrogen-bond acceptors (Lipinski definition) is 5. The van der Waals surface area contributed by atoms with Gasteiger partial charge in [0.1, 0.15) is 5.75 Å². The molecule has 1 fully saturated rings. The number of nitrogens with zero attached hydrogens (tertiary/aromatic N) is 1. The van der Waals surface area contributed by atoms with E-state index in [-0.39, 0.29) is 16.8 Å². The van der Waals surface area contributed by atoms with Crippen LogP contribution in [-0.2, 0) is 10.0 Å². The Morgan fingerprint density at radius 1 is 1.07 bits per heavy atom. The van der Waals surface area contributed by atoms with Crippen LogP contribution in [0.4, 0.5) is 5.69 Å². The monoisotopic (exact) mass is 389 g/mol. The Bertz CT molecular complexity index is 888. The standard InChI is InChI=1S/C19H23N3O4S/c1-26-17-6-4-16(5-7-17)21-27(24,25)18-8-2-14(3-9-18)19(23)22-12-10-15(20)11-13-22/h2-9,15,21H,10-13,20H2,1H3. The van der Waals surface area contributed by atoms with E-state index in [2.05, 4.69) is 4.72 Å². The van der Waals surface area contributed by atoms with Crippen molar-refractivity contribution < 1.29 is 17.9 Å². The number of benzene rings is 2. The zero-order valence-corrected chi connectivity index (χ0v) is 15.9. The summed E-state index contributed by atoms with van der Waals surface area (Å²) in [4.78, 5) is 14.4. The minimum Gasteiger partial charge on any atom is -0.497 e. The summed E-state index contributed by atoms with van der Waals surface area (Å²) in [5.74, 6) is 0.536. The molecule has 3 N–H and O–H groups in total. The molecule has 0 bridgehead atoms. The second kappa shape index (κ2) is 7.98. The molecule has 0 radical (unpaired) electrons. The van der Waals surface area contributed by atoms with Crippen molar-refractivity contribution in [1.29, 1.82) is 0 Å². The van der Waals surface area contributed by atoms with Gasteiger partial charge >= 0.3 is 0 Å². The number of rotatable bonds is 5. The van der Waals surface area contributed by atoms with E-state index in [4.69, 9.17) is 10.5 Å². The fourth-order valence-electron chi connectivity index (χ4n) is 2.93. The fraction of sp³-hybridized carbons (Fsp3) is 0.316. The number of carbonyl (C=O) groups is 1. The van der Waals surface area contributed by atoms with Crippen molar-refractivity contribution in [2.24, 2.45) is 5.73 Å². The van der Waals surface area contributed by atoms with Gasteiger partial charge in [-0.2, -0.15) is 0 Å². The second-order valence-corrected chi connectivity index (χ2v) is 8.17. The number of amides is 1. The number of sulfonamides is 1. The van der Waals surface area contributed by atoms with Crippen LogP contribution >= 0.6 is 0 Å². The van der Waals surface area contributed by atoms with Crippen LogP contribution in [0.2, 0.25) is 0 Å². The van der Waals surface area contributed by atoms with Crippen LogP contribution in [0.1, 0.15) is 23.2 Å². The first-order valence-corrected chi connectivity index (χ1v) is 10.2. The van der Waals surface area contributed by atoms with Crippen LogP contribution in [0.3, 0.4) is 0 Å². The van der Waals surface area contributed by atoms with Crippen LogP contribution in [0.25, 0.3) is 0 Å². The number of nitrogens with two attached hydrogens (primary N) is 1. The molecule has 7 nitrogen and oxygen atoms in total. The second-order valence-electron chi connectivity index (χ2n) is 6.49. The Morgan fingerprint density at radius 3 is 2.22 bits per heavy atom. The molecule has 0 saturated carbocycles. The fourth-order valence-corrected chi connectivity index (χ4v) is 3.99. The average Bonchev–Trinajstić information content (AvgIpc) is 2.68. The average molecular weight is 389 g/mol. The Morgan fingerprint density at radius 2 is 1.67 bits per heavy atom. The van der Waals surface area contributed by atoms with E-state index in [1.54, 1.807) is 48.4 Å². The molecule has 2 aromatic rings. The van der Waals surface area contributed by atoms with Gasteiger partial charge in [-0.05, 0) is 61.4 Å². The first kappa shape index (κ1) is 19.2. The molecule has 0 unspecified atom stereocenters. The topological polar surface area (TPSA) is 102 Å². The first-order chi connectivity index (χ1) is 12.9. The lowest BCUT2D eigenvalue weighted by Crippen LogP contribution is -2.42. The number of hydrogen-bond donors (Lipinski definition) is 2. The van der Waals surface area contributed by atoms with Gasteiger partial charge in [0.2, 0.25) is 0 Å². The van der Waals surface area contributed by atoms with E-state index in [0.717, 1.165) is 12.8 Å². The van der Waals surface area contributed by atoms with Crippen LogP contribution in [-0.4, -0.2) is 45.5 Å². The Hall–Kier alpha value is -2.58. The number of methoxy groups -OCH3 is 1. The molecule has 1 heterocycles. The van der Waals surface area contributed by atoms with E-state index in [1.165, 1.54) is 12.1 Å². The smallest absolute Gasteiger partial charge is 0.261 e. The third kappa shape index (κ3) is 4.58. The first-order valence-electron chi connectivity index (χ1n) is 8.71. The molecular formula is C19H23N3O4S. The van der Waals surface area contributed by atoms with Gasteiger partial charge in [0, 0.05) is 30.4 Å². The van der Waals surface area contributed by atoms with E-state index < -0.39 is 10.0 Å². The van der Waals surface area contributed by atoms with Crippen molar-refractivity contribution in [3.63, 3.8) is 0 Å². The summed E-state index contributed by atoms with van der Waals surface area (Å²) in [6.07, 6.45) is 1.56. The molecule has 1 saturated heterocycles. The van der Waals surface area contributed by atoms with E-state index in [1.807, 2.05) is 0 Å². The molecule has 3 rings (SSSR count). The van der Waals surface area contributed by atoms with Crippen molar-refractivity contribution in [3.05, 3.63) is 54.1 Å². The van der Waals surface area contributed by atoms with E-state index >= 15 is 0 Å². The highest BCUT2D eigenvalue weighted by Gasteiger charge is 2.22. The molecule has 8 heteroatoms. The van der Waals surface area contributed by atoms with Crippen molar-refractivity contribution in [2.75, 3.05) is 24.9 Å². The number of anilines is 1. The summed E-state index contributed by atoms with van der Waals surface area (Å²) in [5, 5.41) is 0. The summed E-state index contributed by atoms with van der Waals surface area (Å²) in [6.45, 7) is 1.25. The van der Waals surface area contributed by atoms with Crippen molar-refractivity contribution in [1.82, 2.24) is 4.90 Å². The summed E-state index contributed by atoms with van der Waals surface area (Å²) in [7, 11) is -2.20. The maximum absolute atomic E-state index is 12.5. The van der Waals surface area contributed by atoms with Gasteiger partial charge < -0.3 is 15.4 Å². The molecule has 0 aliphatic carbocycles. The number of ether oxygens (including phenoxy) is 1. The predicted octanol–water partition coefficient (Wildman–Crippen LogP) is 2.06. The van der Waals surface area contributed by atoms with Gasteiger partial charge in [0.05, 0.1) is 12.0 Å². The third-order valence-electron chi connectivity index (χ3n) is 4.58. The zero-order valence-electron chi connectivity index (χ0n) is 15.1. The Balaban J connectivity index is 1.70. The lowest BCUT2D eigenvalue weighted by molar-refractivity contribution is 0.0714. The third-order valence-corrected chi connectivity index (χ3v) is 5.98. The molecule has 2 aromatic carbocycles. The Kier molecular flexibility index (Phi) is 5.67. The molecule has 1 aliphatic rings. The van der Waals surface area contributed by atoms with Gasteiger partial charge in [-0.1, -0.05) is 0 Å². The highest BCUT2D eigenvalue weighted by molar-refractivity contribution is 7.92. The minimum absolute atomic E-state index is 0.0931. The van der Waals surface area contributed by atoms with Crippen molar-refractivity contribution in [2.45, 2.75) is 23.8 Å². The molecule has 1 aliphatic heterocycles. The van der Waals surface area contributed by atoms with E-state index in [9.17, 15) is 13.2 Å². The molecule has 27 heavy (non-hydrogen) atoms. The van der Waals surface area contributed by atoms with Crippen LogP contribution in [0, 0.1) is 0 Å².